The van der Waals surface area contributed by atoms with Crippen LogP contribution in [0.1, 0.15) is 18.9 Å². The lowest BCUT2D eigenvalue weighted by Gasteiger charge is -2.23. The lowest BCUT2D eigenvalue weighted by molar-refractivity contribution is -0.135. The zero-order chi connectivity index (χ0) is 14.5. The van der Waals surface area contributed by atoms with Crippen LogP contribution in [-0.4, -0.2) is 35.2 Å². The number of benzene rings is 1. The molecule has 2 rings (SSSR count). The van der Waals surface area contributed by atoms with Gasteiger partial charge in [0.15, 0.2) is 0 Å². The minimum absolute atomic E-state index is 0.0393. The first-order valence-corrected chi connectivity index (χ1v) is 6.49. The molecule has 0 aromatic heterocycles. The number of hydrogen-bond acceptors (Lipinski definition) is 3. The Hall–Kier alpha value is -2.43. The van der Waals surface area contributed by atoms with Gasteiger partial charge in [0.25, 0.3) is 0 Å². The van der Waals surface area contributed by atoms with Gasteiger partial charge in [-0.3, -0.25) is 19.7 Å². The van der Waals surface area contributed by atoms with E-state index in [1.165, 1.54) is 11.0 Å². The van der Waals surface area contributed by atoms with Crippen molar-refractivity contribution in [2.75, 3.05) is 6.54 Å². The Morgan fingerprint density at radius 2 is 2.05 bits per heavy atom. The fourth-order valence-electron chi connectivity index (χ4n) is 2.15. The van der Waals surface area contributed by atoms with Gasteiger partial charge in [-0.1, -0.05) is 30.3 Å². The Labute approximate surface area is 117 Å². The molecule has 104 valence electrons. The standard InChI is InChI=1S/C15H16N2O3/c1-2-17(12-10-13(18)16-15(12)20)14(19)9-8-11-6-4-3-5-7-11/h3-9,12H,2,10H2,1H3,(H,16,18,20). The summed E-state index contributed by atoms with van der Waals surface area (Å²) in [6, 6.07) is 8.72. The van der Waals surface area contributed by atoms with E-state index in [1.54, 1.807) is 13.0 Å². The van der Waals surface area contributed by atoms with E-state index in [2.05, 4.69) is 5.32 Å². The van der Waals surface area contributed by atoms with Gasteiger partial charge in [-0.15, -0.1) is 0 Å². The molecule has 1 aromatic rings. The van der Waals surface area contributed by atoms with Crippen molar-refractivity contribution in [3.63, 3.8) is 0 Å². The second-order valence-electron chi connectivity index (χ2n) is 4.50. The smallest absolute Gasteiger partial charge is 0.249 e. The van der Waals surface area contributed by atoms with Crippen LogP contribution < -0.4 is 5.32 Å². The Balaban J connectivity index is 2.08. The van der Waals surface area contributed by atoms with E-state index in [-0.39, 0.29) is 18.2 Å². The van der Waals surface area contributed by atoms with Crippen LogP contribution in [0.3, 0.4) is 0 Å². The maximum absolute atomic E-state index is 12.1. The molecule has 1 unspecified atom stereocenters. The van der Waals surface area contributed by atoms with E-state index in [4.69, 9.17) is 0 Å². The molecule has 0 aliphatic carbocycles. The molecule has 1 aromatic carbocycles. The molecular formula is C15H16N2O3. The van der Waals surface area contributed by atoms with Gasteiger partial charge in [0.1, 0.15) is 6.04 Å². The molecule has 1 fully saturated rings. The summed E-state index contributed by atoms with van der Waals surface area (Å²) in [5, 5.41) is 2.21. The topological polar surface area (TPSA) is 66.5 Å². The van der Waals surface area contributed by atoms with Gasteiger partial charge in [0, 0.05) is 12.6 Å². The van der Waals surface area contributed by atoms with Crippen molar-refractivity contribution in [2.24, 2.45) is 0 Å². The average molecular weight is 272 g/mol. The minimum atomic E-state index is -0.694. The van der Waals surface area contributed by atoms with E-state index in [0.29, 0.717) is 6.54 Å². The van der Waals surface area contributed by atoms with Crippen molar-refractivity contribution >= 4 is 23.8 Å². The Bertz CT molecular complexity index is 551. The molecule has 0 saturated carbocycles. The Morgan fingerprint density at radius 1 is 1.35 bits per heavy atom. The van der Waals surface area contributed by atoms with Crippen molar-refractivity contribution in [3.8, 4) is 0 Å². The highest BCUT2D eigenvalue weighted by atomic mass is 16.2. The molecule has 1 heterocycles. The van der Waals surface area contributed by atoms with Gasteiger partial charge in [-0.25, -0.2) is 0 Å². The SMILES string of the molecule is CCN(C(=O)C=Cc1ccccc1)C1CC(=O)NC1=O. The summed E-state index contributed by atoms with van der Waals surface area (Å²) in [4.78, 5) is 36.3. The Morgan fingerprint density at radius 3 is 2.60 bits per heavy atom. The molecule has 5 nitrogen and oxygen atoms in total. The summed E-state index contributed by atoms with van der Waals surface area (Å²) in [5.41, 5.74) is 0.906. The van der Waals surface area contributed by atoms with Crippen LogP contribution in [-0.2, 0) is 14.4 Å². The van der Waals surface area contributed by atoms with E-state index < -0.39 is 11.9 Å². The highest BCUT2D eigenvalue weighted by molar-refractivity contribution is 6.07. The number of amides is 3. The predicted octanol–water partition coefficient (Wildman–Crippen LogP) is 0.963. The highest BCUT2D eigenvalue weighted by Crippen LogP contribution is 2.12. The van der Waals surface area contributed by atoms with Crippen molar-refractivity contribution in [3.05, 3.63) is 42.0 Å². The van der Waals surface area contributed by atoms with Gasteiger partial charge in [-0.05, 0) is 18.6 Å². The molecule has 20 heavy (non-hydrogen) atoms. The van der Waals surface area contributed by atoms with Crippen molar-refractivity contribution < 1.29 is 14.4 Å². The van der Waals surface area contributed by atoms with Gasteiger partial charge >= 0.3 is 0 Å². The largest absolute Gasteiger partial charge is 0.327 e. The van der Waals surface area contributed by atoms with Crippen LogP contribution in [0.2, 0.25) is 0 Å². The van der Waals surface area contributed by atoms with Crippen molar-refractivity contribution in [1.29, 1.82) is 0 Å². The lowest BCUT2D eigenvalue weighted by atomic mass is 10.2. The molecule has 1 saturated heterocycles. The number of nitrogens with one attached hydrogen (secondary N) is 1. The maximum Gasteiger partial charge on any atom is 0.249 e. The van der Waals surface area contributed by atoms with Gasteiger partial charge in [0.2, 0.25) is 17.7 Å². The number of nitrogens with zero attached hydrogens (tertiary/aromatic N) is 1. The normalized spacial score (nSPS) is 18.4. The van der Waals surface area contributed by atoms with E-state index in [1.807, 2.05) is 30.3 Å². The third-order valence-corrected chi connectivity index (χ3v) is 3.16. The number of rotatable bonds is 4. The minimum Gasteiger partial charge on any atom is -0.327 e. The maximum atomic E-state index is 12.1. The number of likely N-dealkylation sites (N-methyl/N-ethyl adjacent to an activating group) is 1. The summed E-state index contributed by atoms with van der Waals surface area (Å²) in [6.07, 6.45) is 3.16. The number of imide groups is 1. The van der Waals surface area contributed by atoms with Crippen molar-refractivity contribution in [1.82, 2.24) is 10.2 Å². The molecule has 0 spiro atoms. The molecule has 1 atom stereocenters. The second-order valence-corrected chi connectivity index (χ2v) is 4.50. The average Bonchev–Trinajstić information content (AvgIpc) is 2.77. The number of carbonyl (C=O) groups is 3. The van der Waals surface area contributed by atoms with Crippen LogP contribution in [0.25, 0.3) is 6.08 Å². The van der Waals surface area contributed by atoms with Crippen LogP contribution in [0.15, 0.2) is 36.4 Å². The predicted molar refractivity (Wildman–Crippen MR) is 74.4 cm³/mol. The molecule has 1 N–H and O–H groups in total. The summed E-state index contributed by atoms with van der Waals surface area (Å²) >= 11 is 0. The second kappa shape index (κ2) is 6.14. The molecule has 1 aliphatic heterocycles. The lowest BCUT2D eigenvalue weighted by Crippen LogP contribution is -2.43. The van der Waals surface area contributed by atoms with Crippen LogP contribution in [0, 0.1) is 0 Å². The van der Waals surface area contributed by atoms with Gasteiger partial charge in [0.05, 0.1) is 6.42 Å². The molecule has 5 heteroatoms. The first kappa shape index (κ1) is 14.0. The van der Waals surface area contributed by atoms with Gasteiger partial charge < -0.3 is 4.90 Å². The van der Waals surface area contributed by atoms with Crippen LogP contribution in [0.4, 0.5) is 0 Å². The fraction of sp³-hybridized carbons (Fsp3) is 0.267. The third-order valence-electron chi connectivity index (χ3n) is 3.16. The highest BCUT2D eigenvalue weighted by Gasteiger charge is 2.36. The summed E-state index contributed by atoms with van der Waals surface area (Å²) < 4.78 is 0. The molecule has 1 aliphatic rings. The number of hydrogen-bond donors (Lipinski definition) is 1. The Kier molecular flexibility index (Phi) is 4.30. The molecular weight excluding hydrogens is 256 g/mol. The first-order valence-electron chi connectivity index (χ1n) is 6.49. The molecule has 0 radical (unpaired) electrons. The van der Waals surface area contributed by atoms with E-state index >= 15 is 0 Å². The fourth-order valence-corrected chi connectivity index (χ4v) is 2.15. The molecule has 0 bridgehead atoms. The zero-order valence-corrected chi connectivity index (χ0v) is 11.2. The van der Waals surface area contributed by atoms with E-state index in [0.717, 1.165) is 5.56 Å². The first-order chi connectivity index (χ1) is 9.61. The molecule has 3 amide bonds. The van der Waals surface area contributed by atoms with Gasteiger partial charge in [-0.2, -0.15) is 0 Å². The van der Waals surface area contributed by atoms with E-state index in [9.17, 15) is 14.4 Å². The third kappa shape index (κ3) is 3.12. The summed E-state index contributed by atoms with van der Waals surface area (Å²) in [6.45, 7) is 2.16. The van der Waals surface area contributed by atoms with Crippen LogP contribution >= 0.6 is 0 Å². The summed E-state index contributed by atoms with van der Waals surface area (Å²) in [5.74, 6) is -1.01. The van der Waals surface area contributed by atoms with Crippen LogP contribution in [0.5, 0.6) is 0 Å². The quantitative estimate of drug-likeness (QED) is 0.656. The van der Waals surface area contributed by atoms with Crippen molar-refractivity contribution in [2.45, 2.75) is 19.4 Å². The number of carbonyl (C=O) groups excluding carboxylic acids is 3. The zero-order valence-electron chi connectivity index (χ0n) is 11.2. The summed E-state index contributed by atoms with van der Waals surface area (Å²) in [7, 11) is 0. The monoisotopic (exact) mass is 272 g/mol.